The lowest BCUT2D eigenvalue weighted by Gasteiger charge is -2.39. The van der Waals surface area contributed by atoms with Crippen molar-refractivity contribution in [2.75, 3.05) is 32.7 Å². The van der Waals surface area contributed by atoms with Gasteiger partial charge in [-0.25, -0.2) is 8.42 Å². The van der Waals surface area contributed by atoms with Gasteiger partial charge in [-0.3, -0.25) is 4.90 Å². The van der Waals surface area contributed by atoms with E-state index in [0.717, 1.165) is 0 Å². The highest BCUT2D eigenvalue weighted by Crippen LogP contribution is 2.30. The summed E-state index contributed by atoms with van der Waals surface area (Å²) in [7, 11) is -3.56. The lowest BCUT2D eigenvalue weighted by molar-refractivity contribution is -0.148. The van der Waals surface area contributed by atoms with Crippen molar-refractivity contribution in [3.63, 3.8) is 0 Å². The molecule has 1 saturated heterocycles. The Balaban J connectivity index is 2.01. The third-order valence-corrected chi connectivity index (χ3v) is 6.41. The molecular formula is C13H19F3N2O2S. The molecule has 1 fully saturated rings. The van der Waals surface area contributed by atoms with Crippen molar-refractivity contribution in [2.24, 2.45) is 0 Å². The van der Waals surface area contributed by atoms with Gasteiger partial charge >= 0.3 is 6.18 Å². The molecule has 0 spiro atoms. The predicted molar refractivity (Wildman–Crippen MR) is 74.3 cm³/mol. The summed E-state index contributed by atoms with van der Waals surface area (Å²) in [6.45, 7) is 1.07. The fraction of sp³-hybridized carbons (Fsp3) is 0.692. The maximum atomic E-state index is 12.7. The molecule has 21 heavy (non-hydrogen) atoms. The van der Waals surface area contributed by atoms with Crippen LogP contribution in [0.15, 0.2) is 24.3 Å². The maximum Gasteiger partial charge on any atom is 0.401 e. The standard InChI is InChI=1S/C13H19F3N2O2S/c1-12(5-3-2-4-6-12)21(19,20)18-9-7-17(8-10-18)11-13(14,15)16/h2-5H,6-11H2,1H3. The molecule has 2 aliphatic rings. The van der Waals surface area contributed by atoms with Crippen LogP contribution in [0.4, 0.5) is 13.2 Å². The quantitative estimate of drug-likeness (QED) is 0.794. The Morgan fingerprint density at radius 1 is 1.14 bits per heavy atom. The Labute approximate surface area is 123 Å². The Bertz CT molecular complexity index is 534. The first kappa shape index (κ1) is 16.5. The number of allylic oxidation sites excluding steroid dienone is 3. The molecule has 0 aromatic carbocycles. The van der Waals surface area contributed by atoms with Gasteiger partial charge in [-0.15, -0.1) is 0 Å². The molecule has 1 aliphatic carbocycles. The van der Waals surface area contributed by atoms with Crippen molar-refractivity contribution in [1.29, 1.82) is 0 Å². The summed E-state index contributed by atoms with van der Waals surface area (Å²) in [6, 6.07) is 0. The normalized spacial score (nSPS) is 29.0. The van der Waals surface area contributed by atoms with Crippen LogP contribution in [0.3, 0.4) is 0 Å². The molecule has 0 bridgehead atoms. The lowest BCUT2D eigenvalue weighted by atomic mass is 10.0. The van der Waals surface area contributed by atoms with Crippen LogP contribution >= 0.6 is 0 Å². The van der Waals surface area contributed by atoms with Crippen molar-refractivity contribution in [3.8, 4) is 0 Å². The molecule has 0 amide bonds. The van der Waals surface area contributed by atoms with Crippen molar-refractivity contribution in [1.82, 2.24) is 9.21 Å². The van der Waals surface area contributed by atoms with Crippen molar-refractivity contribution in [2.45, 2.75) is 24.3 Å². The SMILES string of the molecule is CC1(S(=O)(=O)N2CCN(CC(F)(F)F)CC2)C=CC=CC1. The van der Waals surface area contributed by atoms with Gasteiger partial charge in [-0.1, -0.05) is 24.3 Å². The van der Waals surface area contributed by atoms with Crippen molar-refractivity contribution < 1.29 is 21.6 Å². The van der Waals surface area contributed by atoms with Gasteiger partial charge in [-0.2, -0.15) is 17.5 Å². The van der Waals surface area contributed by atoms with Crippen molar-refractivity contribution >= 4 is 10.0 Å². The van der Waals surface area contributed by atoms with Crippen LogP contribution in [-0.2, 0) is 10.0 Å². The van der Waals surface area contributed by atoms with Crippen LogP contribution in [0.25, 0.3) is 0 Å². The molecule has 4 nitrogen and oxygen atoms in total. The molecule has 1 atom stereocenters. The number of piperazine rings is 1. The second-order valence-electron chi connectivity index (χ2n) is 5.60. The molecule has 0 aromatic rings. The van der Waals surface area contributed by atoms with E-state index in [2.05, 4.69) is 0 Å². The largest absolute Gasteiger partial charge is 0.401 e. The second kappa shape index (κ2) is 5.73. The molecule has 0 aromatic heterocycles. The summed E-state index contributed by atoms with van der Waals surface area (Å²) in [5.41, 5.74) is 0. The summed E-state index contributed by atoms with van der Waals surface area (Å²) < 4.78 is 62.6. The van der Waals surface area contributed by atoms with Gasteiger partial charge in [0.15, 0.2) is 0 Å². The number of nitrogens with zero attached hydrogens (tertiary/aromatic N) is 2. The zero-order valence-corrected chi connectivity index (χ0v) is 12.6. The Kier molecular flexibility index (Phi) is 4.51. The van der Waals surface area contributed by atoms with E-state index >= 15 is 0 Å². The van der Waals surface area contributed by atoms with Crippen molar-refractivity contribution in [3.05, 3.63) is 24.3 Å². The highest BCUT2D eigenvalue weighted by atomic mass is 32.2. The smallest absolute Gasteiger partial charge is 0.292 e. The van der Waals surface area contributed by atoms with Crippen LogP contribution in [0, 0.1) is 0 Å². The summed E-state index contributed by atoms with van der Waals surface area (Å²) in [5.74, 6) is 0. The summed E-state index contributed by atoms with van der Waals surface area (Å²) in [6.07, 6.45) is 3.06. The molecule has 8 heteroatoms. The average molecular weight is 324 g/mol. The first-order chi connectivity index (χ1) is 9.64. The van der Waals surface area contributed by atoms with E-state index in [9.17, 15) is 21.6 Å². The summed E-state index contributed by atoms with van der Waals surface area (Å²) in [5, 5.41) is 0. The first-order valence-corrected chi connectivity index (χ1v) is 8.21. The number of hydrogen-bond donors (Lipinski definition) is 0. The first-order valence-electron chi connectivity index (χ1n) is 6.77. The number of sulfonamides is 1. The molecule has 0 radical (unpaired) electrons. The van der Waals surface area contributed by atoms with E-state index in [1.165, 1.54) is 9.21 Å². The average Bonchev–Trinajstić information content (AvgIpc) is 2.38. The summed E-state index contributed by atoms with van der Waals surface area (Å²) in [4.78, 5) is 1.24. The van der Waals surface area contributed by atoms with Crippen LogP contribution in [0.5, 0.6) is 0 Å². The third kappa shape index (κ3) is 3.67. The van der Waals surface area contributed by atoms with Gasteiger partial charge in [0.25, 0.3) is 0 Å². The molecule has 2 rings (SSSR count). The molecular weight excluding hydrogens is 305 g/mol. The van der Waals surface area contributed by atoms with Gasteiger partial charge in [-0.05, 0) is 13.3 Å². The van der Waals surface area contributed by atoms with E-state index in [-0.39, 0.29) is 26.2 Å². The Hall–Kier alpha value is -0.860. The zero-order chi connectivity index (χ0) is 15.7. The van der Waals surface area contributed by atoms with Gasteiger partial charge in [0, 0.05) is 26.2 Å². The van der Waals surface area contributed by atoms with E-state index < -0.39 is 27.5 Å². The molecule has 120 valence electrons. The lowest BCUT2D eigenvalue weighted by Crippen LogP contribution is -2.55. The molecule has 1 heterocycles. The molecule has 1 unspecified atom stereocenters. The Morgan fingerprint density at radius 3 is 2.24 bits per heavy atom. The van der Waals surface area contributed by atoms with Gasteiger partial charge in [0.05, 0.1) is 6.54 Å². The van der Waals surface area contributed by atoms with Crippen LogP contribution in [0.1, 0.15) is 13.3 Å². The van der Waals surface area contributed by atoms with Gasteiger partial charge < -0.3 is 0 Å². The van der Waals surface area contributed by atoms with Gasteiger partial charge in [0.1, 0.15) is 4.75 Å². The Morgan fingerprint density at radius 2 is 1.76 bits per heavy atom. The monoisotopic (exact) mass is 324 g/mol. The van der Waals surface area contributed by atoms with Crippen LogP contribution in [-0.4, -0.2) is 61.3 Å². The van der Waals surface area contributed by atoms with Crippen LogP contribution in [0.2, 0.25) is 0 Å². The van der Waals surface area contributed by atoms with E-state index in [1.807, 2.05) is 0 Å². The second-order valence-corrected chi connectivity index (χ2v) is 8.00. The number of alkyl halides is 3. The zero-order valence-electron chi connectivity index (χ0n) is 11.8. The minimum Gasteiger partial charge on any atom is -0.292 e. The predicted octanol–water partition coefficient (Wildman–Crippen LogP) is 1.77. The third-order valence-electron chi connectivity index (χ3n) is 3.88. The topological polar surface area (TPSA) is 40.6 Å². The highest BCUT2D eigenvalue weighted by Gasteiger charge is 2.42. The molecule has 0 N–H and O–H groups in total. The molecule has 1 aliphatic heterocycles. The van der Waals surface area contributed by atoms with E-state index in [4.69, 9.17) is 0 Å². The van der Waals surface area contributed by atoms with E-state index in [0.29, 0.717) is 6.42 Å². The fourth-order valence-electron chi connectivity index (χ4n) is 2.58. The fourth-order valence-corrected chi connectivity index (χ4v) is 4.37. The van der Waals surface area contributed by atoms with Crippen LogP contribution < -0.4 is 0 Å². The minimum atomic E-state index is -4.25. The summed E-state index contributed by atoms with van der Waals surface area (Å²) >= 11 is 0. The maximum absolute atomic E-state index is 12.7. The van der Waals surface area contributed by atoms with Gasteiger partial charge in [0.2, 0.25) is 10.0 Å². The molecule has 0 saturated carbocycles. The number of halogens is 3. The van der Waals surface area contributed by atoms with E-state index in [1.54, 1.807) is 31.2 Å². The number of hydrogen-bond acceptors (Lipinski definition) is 3. The minimum absolute atomic E-state index is 0.103. The highest BCUT2D eigenvalue weighted by molar-refractivity contribution is 7.90. The number of rotatable bonds is 3.